The number of ether oxygens (including phenoxy) is 1. The Kier molecular flexibility index (Phi) is 7.59. The van der Waals surface area contributed by atoms with Gasteiger partial charge >= 0.3 is 0 Å². The molecule has 0 unspecified atom stereocenters. The first kappa shape index (κ1) is 20.1. The molecule has 1 aliphatic rings. The van der Waals surface area contributed by atoms with Crippen molar-refractivity contribution in [3.05, 3.63) is 33.4 Å². The fourth-order valence-corrected chi connectivity index (χ4v) is 4.19. The molecule has 1 aromatic rings. The van der Waals surface area contributed by atoms with Crippen molar-refractivity contribution in [2.75, 3.05) is 45.1 Å². The predicted molar refractivity (Wildman–Crippen MR) is 101 cm³/mol. The van der Waals surface area contributed by atoms with E-state index in [9.17, 15) is 18.0 Å². The Morgan fingerprint density at radius 1 is 1.16 bits per heavy atom. The Morgan fingerprint density at radius 3 is 2.52 bits per heavy atom. The van der Waals surface area contributed by atoms with E-state index < -0.39 is 15.9 Å². The number of carbonyl (C=O) groups excluding carboxylic acids is 2. The third kappa shape index (κ3) is 6.20. The molecule has 0 saturated carbocycles. The van der Waals surface area contributed by atoms with E-state index in [1.54, 1.807) is 18.2 Å². The van der Waals surface area contributed by atoms with E-state index in [-0.39, 0.29) is 24.7 Å². The second kappa shape index (κ2) is 9.46. The number of benzene rings is 1. The molecule has 0 radical (unpaired) electrons. The van der Waals surface area contributed by atoms with Crippen LogP contribution in [-0.4, -0.2) is 69.7 Å². The average molecular weight is 481 g/mol. The number of carbonyl (C=O) groups is 2. The van der Waals surface area contributed by atoms with Gasteiger partial charge in [0.1, 0.15) is 0 Å². The first-order chi connectivity index (χ1) is 11.9. The summed E-state index contributed by atoms with van der Waals surface area (Å²) in [5.41, 5.74) is 0.491. The Bertz CT molecular complexity index is 720. The summed E-state index contributed by atoms with van der Waals surface area (Å²) < 4.78 is 31.5. The van der Waals surface area contributed by atoms with Crippen molar-refractivity contribution in [1.82, 2.24) is 14.9 Å². The third-order valence-corrected chi connectivity index (χ3v) is 6.39. The van der Waals surface area contributed by atoms with Crippen molar-refractivity contribution < 1.29 is 22.7 Å². The molecule has 2 rings (SSSR count). The standard InChI is InChI=1S/C15H20IN3O5S/c16-13-4-2-1-3-12(13)15(21)18-11-14(20)17-5-10-25(22,23)19-6-8-24-9-7-19/h1-4H,5-11H2,(H,17,20)(H,18,21). The van der Waals surface area contributed by atoms with Gasteiger partial charge in [-0.1, -0.05) is 12.1 Å². The molecule has 10 heteroatoms. The molecule has 0 aliphatic carbocycles. The van der Waals surface area contributed by atoms with Gasteiger partial charge in [0.15, 0.2) is 0 Å². The van der Waals surface area contributed by atoms with Crippen LogP contribution >= 0.6 is 22.6 Å². The molecule has 1 aliphatic heterocycles. The van der Waals surface area contributed by atoms with Gasteiger partial charge in [0.05, 0.1) is 31.1 Å². The number of hydrogen-bond acceptors (Lipinski definition) is 5. The number of sulfonamides is 1. The second-order valence-electron chi connectivity index (χ2n) is 5.34. The Morgan fingerprint density at radius 2 is 1.84 bits per heavy atom. The van der Waals surface area contributed by atoms with E-state index in [1.165, 1.54) is 4.31 Å². The zero-order valence-electron chi connectivity index (χ0n) is 13.5. The highest BCUT2D eigenvalue weighted by Crippen LogP contribution is 2.10. The number of rotatable bonds is 7. The highest BCUT2D eigenvalue weighted by atomic mass is 127. The summed E-state index contributed by atoms with van der Waals surface area (Å²) in [6.45, 7) is 1.23. The molecule has 8 nitrogen and oxygen atoms in total. The van der Waals surface area contributed by atoms with Gasteiger partial charge in [0.2, 0.25) is 15.9 Å². The molecule has 2 N–H and O–H groups in total. The maximum absolute atomic E-state index is 12.1. The summed E-state index contributed by atoms with van der Waals surface area (Å²) in [6, 6.07) is 7.03. The van der Waals surface area contributed by atoms with Crippen LogP contribution in [0.2, 0.25) is 0 Å². The van der Waals surface area contributed by atoms with Crippen LogP contribution in [0.5, 0.6) is 0 Å². The van der Waals surface area contributed by atoms with Crippen LogP contribution in [0.1, 0.15) is 10.4 Å². The molecular formula is C15H20IN3O5S. The van der Waals surface area contributed by atoms with Crippen LogP contribution in [0.3, 0.4) is 0 Å². The molecular weight excluding hydrogens is 461 g/mol. The van der Waals surface area contributed by atoms with Gasteiger partial charge in [-0.2, -0.15) is 4.31 Å². The molecule has 0 bridgehead atoms. The van der Waals surface area contributed by atoms with E-state index >= 15 is 0 Å². The summed E-state index contributed by atoms with van der Waals surface area (Å²) in [6.07, 6.45) is 0. The minimum absolute atomic E-state index is 0.00271. The second-order valence-corrected chi connectivity index (χ2v) is 8.59. The van der Waals surface area contributed by atoms with Crippen LogP contribution < -0.4 is 10.6 Å². The lowest BCUT2D eigenvalue weighted by atomic mass is 10.2. The van der Waals surface area contributed by atoms with Gasteiger partial charge in [0.25, 0.3) is 5.91 Å². The fraction of sp³-hybridized carbons (Fsp3) is 0.467. The largest absolute Gasteiger partial charge is 0.379 e. The predicted octanol–water partition coefficient (Wildman–Crippen LogP) is -0.201. The van der Waals surface area contributed by atoms with E-state index in [0.29, 0.717) is 31.9 Å². The maximum Gasteiger partial charge on any atom is 0.252 e. The molecule has 2 amide bonds. The van der Waals surface area contributed by atoms with Gasteiger partial charge in [-0.05, 0) is 34.7 Å². The maximum atomic E-state index is 12.1. The molecule has 0 aromatic heterocycles. The topological polar surface area (TPSA) is 105 Å². The van der Waals surface area contributed by atoms with Gasteiger partial charge in [-0.3, -0.25) is 9.59 Å². The van der Waals surface area contributed by atoms with Crippen LogP contribution in [-0.2, 0) is 19.6 Å². The Balaban J connectivity index is 1.72. The number of morpholine rings is 1. The lowest BCUT2D eigenvalue weighted by Crippen LogP contribution is -2.44. The van der Waals surface area contributed by atoms with Gasteiger partial charge < -0.3 is 15.4 Å². The minimum atomic E-state index is -3.41. The van der Waals surface area contributed by atoms with Crippen molar-refractivity contribution in [2.24, 2.45) is 0 Å². The van der Waals surface area contributed by atoms with Crippen molar-refractivity contribution in [1.29, 1.82) is 0 Å². The zero-order valence-corrected chi connectivity index (χ0v) is 16.5. The number of nitrogens with one attached hydrogen (secondary N) is 2. The van der Waals surface area contributed by atoms with Crippen LogP contribution in [0, 0.1) is 3.57 Å². The van der Waals surface area contributed by atoms with Crippen molar-refractivity contribution >= 4 is 44.4 Å². The molecule has 0 spiro atoms. The highest BCUT2D eigenvalue weighted by molar-refractivity contribution is 14.1. The smallest absolute Gasteiger partial charge is 0.252 e. The lowest BCUT2D eigenvalue weighted by molar-refractivity contribution is -0.120. The van der Waals surface area contributed by atoms with Crippen LogP contribution in [0.25, 0.3) is 0 Å². The lowest BCUT2D eigenvalue weighted by Gasteiger charge is -2.26. The third-order valence-electron chi connectivity index (χ3n) is 3.57. The number of halogens is 1. The normalized spacial score (nSPS) is 15.6. The zero-order chi connectivity index (χ0) is 18.3. The Labute approximate surface area is 160 Å². The quantitative estimate of drug-likeness (QED) is 0.525. The summed E-state index contributed by atoms with van der Waals surface area (Å²) in [5.74, 6) is -0.957. The van der Waals surface area contributed by atoms with Crippen LogP contribution in [0.15, 0.2) is 24.3 Å². The monoisotopic (exact) mass is 481 g/mol. The van der Waals surface area contributed by atoms with E-state index in [1.807, 2.05) is 28.7 Å². The van der Waals surface area contributed by atoms with E-state index in [4.69, 9.17) is 4.74 Å². The number of hydrogen-bond donors (Lipinski definition) is 2. The molecule has 0 atom stereocenters. The fourth-order valence-electron chi connectivity index (χ4n) is 2.24. The first-order valence-corrected chi connectivity index (χ1v) is 10.4. The number of amides is 2. The van der Waals surface area contributed by atoms with E-state index in [0.717, 1.165) is 3.57 Å². The van der Waals surface area contributed by atoms with E-state index in [2.05, 4.69) is 10.6 Å². The molecule has 1 saturated heterocycles. The summed E-state index contributed by atoms with van der Waals surface area (Å²) in [5, 5.41) is 5.03. The summed E-state index contributed by atoms with van der Waals surface area (Å²) >= 11 is 2.04. The molecule has 1 aromatic carbocycles. The van der Waals surface area contributed by atoms with Crippen molar-refractivity contribution in [3.8, 4) is 0 Å². The molecule has 1 fully saturated rings. The molecule has 1 heterocycles. The summed E-state index contributed by atoms with van der Waals surface area (Å²) in [7, 11) is -3.41. The minimum Gasteiger partial charge on any atom is -0.379 e. The molecule has 138 valence electrons. The van der Waals surface area contributed by atoms with Crippen LogP contribution in [0.4, 0.5) is 0 Å². The highest BCUT2D eigenvalue weighted by Gasteiger charge is 2.23. The van der Waals surface area contributed by atoms with Crippen molar-refractivity contribution in [2.45, 2.75) is 0 Å². The first-order valence-electron chi connectivity index (χ1n) is 7.75. The number of nitrogens with zero attached hydrogens (tertiary/aromatic N) is 1. The molecule has 25 heavy (non-hydrogen) atoms. The van der Waals surface area contributed by atoms with Crippen molar-refractivity contribution in [3.63, 3.8) is 0 Å². The van der Waals surface area contributed by atoms with Gasteiger partial charge in [-0.25, -0.2) is 8.42 Å². The summed E-state index contributed by atoms with van der Waals surface area (Å²) in [4.78, 5) is 23.8. The Hall–Kier alpha value is -1.24. The van der Waals surface area contributed by atoms with Gasteiger partial charge in [-0.15, -0.1) is 0 Å². The average Bonchev–Trinajstić information content (AvgIpc) is 2.60. The SMILES string of the molecule is O=C(CNC(=O)c1ccccc1I)NCCS(=O)(=O)N1CCOCC1. The van der Waals surface area contributed by atoms with Gasteiger partial charge in [0, 0.05) is 23.2 Å².